The normalized spacial score (nSPS) is 29.5. The van der Waals surface area contributed by atoms with Crippen LogP contribution in [-0.2, 0) is 0 Å². The fourth-order valence-corrected chi connectivity index (χ4v) is 5.38. The summed E-state index contributed by atoms with van der Waals surface area (Å²) in [6.45, 7) is 0.310. The van der Waals surface area contributed by atoms with Crippen LogP contribution < -0.4 is 5.32 Å². The summed E-state index contributed by atoms with van der Waals surface area (Å²) in [6, 6.07) is 7.64. The summed E-state index contributed by atoms with van der Waals surface area (Å²) in [7, 11) is 0. The molecule has 2 aliphatic rings. The standard InChI is InChI=1S/C21H27ClN2O2/c22-13-16-7-4-10-21(26,19(16)15-5-3-6-15)14-23-20(25)17-9-12-24-11-2-1-8-18(17)24/h1-2,8-9,11-12,15-16,19,26H,3-7,10,13-14H2,(H,23,25)/t16-,19?,21-/m0/s1. The molecule has 2 aromatic heterocycles. The van der Waals surface area contributed by atoms with Crippen LogP contribution in [-0.4, -0.2) is 33.4 Å². The molecule has 2 saturated carbocycles. The van der Waals surface area contributed by atoms with Crippen molar-refractivity contribution in [1.29, 1.82) is 0 Å². The Morgan fingerprint density at radius 2 is 2.08 bits per heavy atom. The van der Waals surface area contributed by atoms with Gasteiger partial charge < -0.3 is 14.8 Å². The largest absolute Gasteiger partial charge is 0.388 e. The minimum Gasteiger partial charge on any atom is -0.388 e. The van der Waals surface area contributed by atoms with Crippen molar-refractivity contribution < 1.29 is 9.90 Å². The summed E-state index contributed by atoms with van der Waals surface area (Å²) in [6.07, 6.45) is 10.2. The van der Waals surface area contributed by atoms with Crippen LogP contribution in [0.3, 0.4) is 0 Å². The topological polar surface area (TPSA) is 53.7 Å². The van der Waals surface area contributed by atoms with Gasteiger partial charge in [0.15, 0.2) is 0 Å². The van der Waals surface area contributed by atoms with Gasteiger partial charge in [-0.05, 0) is 48.8 Å². The van der Waals surface area contributed by atoms with Crippen molar-refractivity contribution in [3.8, 4) is 0 Å². The van der Waals surface area contributed by atoms with Gasteiger partial charge in [-0.1, -0.05) is 31.7 Å². The Hall–Kier alpha value is -1.52. The molecule has 0 bridgehead atoms. The van der Waals surface area contributed by atoms with Gasteiger partial charge in [-0.2, -0.15) is 0 Å². The van der Waals surface area contributed by atoms with E-state index in [2.05, 4.69) is 5.32 Å². The number of alkyl halides is 1. The summed E-state index contributed by atoms with van der Waals surface area (Å²) in [5.74, 6) is 1.59. The molecule has 3 atom stereocenters. The van der Waals surface area contributed by atoms with Gasteiger partial charge >= 0.3 is 0 Å². The zero-order valence-electron chi connectivity index (χ0n) is 15.0. The molecule has 0 aliphatic heterocycles. The van der Waals surface area contributed by atoms with Crippen molar-refractivity contribution in [1.82, 2.24) is 9.72 Å². The highest BCUT2D eigenvalue weighted by atomic mass is 35.5. The van der Waals surface area contributed by atoms with E-state index in [4.69, 9.17) is 11.6 Å². The Kier molecular flexibility index (Phi) is 4.98. The number of fused-ring (bicyclic) bond motifs is 1. The van der Waals surface area contributed by atoms with E-state index in [9.17, 15) is 9.90 Å². The predicted octanol–water partition coefficient (Wildman–Crippen LogP) is 3.86. The minimum atomic E-state index is -0.839. The van der Waals surface area contributed by atoms with Crippen LogP contribution >= 0.6 is 11.6 Å². The number of halogens is 1. The SMILES string of the molecule is O=C(NC[C@@]1(O)CCC[C@@H](CCl)C1C1CCC1)c1ccn2ccccc12. The van der Waals surface area contributed by atoms with Crippen LogP contribution in [0, 0.1) is 17.8 Å². The average molecular weight is 375 g/mol. The summed E-state index contributed by atoms with van der Waals surface area (Å²) in [5.41, 5.74) is 0.697. The first-order chi connectivity index (χ1) is 12.6. The second kappa shape index (κ2) is 7.24. The number of amides is 1. The molecule has 4 rings (SSSR count). The monoisotopic (exact) mass is 374 g/mol. The summed E-state index contributed by atoms with van der Waals surface area (Å²) < 4.78 is 1.94. The number of carbonyl (C=O) groups excluding carboxylic acids is 1. The van der Waals surface area contributed by atoms with Gasteiger partial charge in [0.1, 0.15) is 0 Å². The fourth-order valence-electron chi connectivity index (χ4n) is 5.03. The van der Waals surface area contributed by atoms with E-state index in [0.717, 1.165) is 24.8 Å². The maximum Gasteiger partial charge on any atom is 0.253 e. The lowest BCUT2D eigenvalue weighted by Crippen LogP contribution is -2.56. The molecular formula is C21H27ClN2O2. The molecule has 2 aromatic rings. The van der Waals surface area contributed by atoms with Crippen LogP contribution in [0.1, 0.15) is 48.9 Å². The molecule has 0 aromatic carbocycles. The molecule has 0 saturated heterocycles. The molecule has 1 amide bonds. The van der Waals surface area contributed by atoms with Gasteiger partial charge in [0.05, 0.1) is 16.7 Å². The van der Waals surface area contributed by atoms with E-state index in [1.54, 1.807) is 0 Å². The number of pyridine rings is 1. The second-order valence-electron chi connectivity index (χ2n) is 8.03. The van der Waals surface area contributed by atoms with Gasteiger partial charge in [0, 0.05) is 24.8 Å². The zero-order valence-corrected chi connectivity index (χ0v) is 15.8. The Labute approximate surface area is 159 Å². The molecule has 26 heavy (non-hydrogen) atoms. The Morgan fingerprint density at radius 3 is 2.81 bits per heavy atom. The van der Waals surface area contributed by atoms with E-state index < -0.39 is 5.60 Å². The van der Waals surface area contributed by atoms with Gasteiger partial charge in [0.25, 0.3) is 5.91 Å². The van der Waals surface area contributed by atoms with Gasteiger partial charge in [-0.3, -0.25) is 4.79 Å². The number of hydrogen-bond donors (Lipinski definition) is 2. The van der Waals surface area contributed by atoms with E-state index in [1.807, 2.05) is 41.1 Å². The number of hydrogen-bond acceptors (Lipinski definition) is 2. The van der Waals surface area contributed by atoms with E-state index in [1.165, 1.54) is 19.3 Å². The molecule has 0 spiro atoms. The first-order valence-corrected chi connectivity index (χ1v) is 10.3. The lowest BCUT2D eigenvalue weighted by Gasteiger charge is -2.50. The molecule has 2 fully saturated rings. The van der Waals surface area contributed by atoms with E-state index in [-0.39, 0.29) is 11.8 Å². The molecule has 2 N–H and O–H groups in total. The van der Waals surface area contributed by atoms with Crippen molar-refractivity contribution in [2.45, 2.75) is 44.1 Å². The average Bonchev–Trinajstić information content (AvgIpc) is 3.04. The van der Waals surface area contributed by atoms with Gasteiger partial charge in [-0.25, -0.2) is 0 Å². The minimum absolute atomic E-state index is 0.118. The third-order valence-electron chi connectivity index (χ3n) is 6.54. The predicted molar refractivity (Wildman–Crippen MR) is 104 cm³/mol. The number of carbonyl (C=O) groups is 1. The molecule has 4 nitrogen and oxygen atoms in total. The molecule has 2 aliphatic carbocycles. The van der Waals surface area contributed by atoms with Gasteiger partial charge in [-0.15, -0.1) is 11.6 Å². The van der Waals surface area contributed by atoms with Crippen molar-refractivity contribution in [3.63, 3.8) is 0 Å². The molecule has 1 unspecified atom stereocenters. The molecule has 2 heterocycles. The summed E-state index contributed by atoms with van der Waals surface area (Å²) in [5, 5.41) is 14.5. The zero-order chi connectivity index (χ0) is 18.1. The number of aliphatic hydroxyl groups is 1. The fraction of sp³-hybridized carbons (Fsp3) is 0.571. The van der Waals surface area contributed by atoms with Crippen LogP contribution in [0.15, 0.2) is 36.7 Å². The smallest absolute Gasteiger partial charge is 0.253 e. The Bertz CT molecular complexity index is 785. The highest BCUT2D eigenvalue weighted by Gasteiger charge is 2.49. The van der Waals surface area contributed by atoms with Crippen LogP contribution in [0.4, 0.5) is 0 Å². The highest BCUT2D eigenvalue weighted by molar-refractivity contribution is 6.18. The van der Waals surface area contributed by atoms with Gasteiger partial charge in [0.2, 0.25) is 0 Å². The Balaban J connectivity index is 1.50. The molecular weight excluding hydrogens is 348 g/mol. The number of aromatic nitrogens is 1. The van der Waals surface area contributed by atoms with Crippen molar-refractivity contribution in [3.05, 3.63) is 42.2 Å². The number of nitrogens with zero attached hydrogens (tertiary/aromatic N) is 1. The molecule has 140 valence electrons. The van der Waals surface area contributed by atoms with Crippen LogP contribution in [0.5, 0.6) is 0 Å². The highest BCUT2D eigenvalue weighted by Crippen LogP contribution is 2.49. The number of nitrogens with one attached hydrogen (secondary N) is 1. The lowest BCUT2D eigenvalue weighted by molar-refractivity contribution is -0.104. The van der Waals surface area contributed by atoms with Crippen molar-refractivity contribution in [2.24, 2.45) is 17.8 Å². The van der Waals surface area contributed by atoms with E-state index >= 15 is 0 Å². The first kappa shape index (κ1) is 17.9. The van der Waals surface area contributed by atoms with Crippen LogP contribution in [0.25, 0.3) is 5.52 Å². The molecule has 0 radical (unpaired) electrons. The van der Waals surface area contributed by atoms with Crippen molar-refractivity contribution >= 4 is 23.0 Å². The van der Waals surface area contributed by atoms with E-state index in [0.29, 0.717) is 29.8 Å². The Morgan fingerprint density at radius 1 is 1.23 bits per heavy atom. The van der Waals surface area contributed by atoms with Crippen LogP contribution in [0.2, 0.25) is 0 Å². The lowest BCUT2D eigenvalue weighted by atomic mass is 9.59. The number of rotatable bonds is 5. The summed E-state index contributed by atoms with van der Waals surface area (Å²) in [4.78, 5) is 12.8. The first-order valence-electron chi connectivity index (χ1n) is 9.74. The maximum atomic E-state index is 12.8. The third kappa shape index (κ3) is 3.14. The third-order valence-corrected chi connectivity index (χ3v) is 6.93. The summed E-state index contributed by atoms with van der Waals surface area (Å²) >= 11 is 6.24. The second-order valence-corrected chi connectivity index (χ2v) is 8.34. The van der Waals surface area contributed by atoms with Crippen molar-refractivity contribution in [2.75, 3.05) is 12.4 Å². The quantitative estimate of drug-likeness (QED) is 0.781. The molecule has 5 heteroatoms. The maximum absolute atomic E-state index is 12.8.